The summed E-state index contributed by atoms with van der Waals surface area (Å²) in [5.41, 5.74) is -0.149. The van der Waals surface area contributed by atoms with Crippen LogP contribution in [-0.2, 0) is 5.41 Å². The number of carbonyl (C=O) groups is 1. The second-order valence-corrected chi connectivity index (χ2v) is 5.66. The molecule has 112 valence electrons. The molecule has 1 saturated carbocycles. The van der Waals surface area contributed by atoms with Crippen LogP contribution in [0.15, 0.2) is 30.5 Å². The third-order valence-electron chi connectivity index (χ3n) is 4.13. The number of hydrogen-bond donors (Lipinski definition) is 2. The zero-order valence-corrected chi connectivity index (χ0v) is 11.8. The van der Waals surface area contributed by atoms with Gasteiger partial charge < -0.3 is 10.3 Å². The molecule has 4 nitrogen and oxygen atoms in total. The normalized spacial score (nSPS) is 22.9. The van der Waals surface area contributed by atoms with Gasteiger partial charge in [0.1, 0.15) is 23.4 Å². The van der Waals surface area contributed by atoms with Gasteiger partial charge in [-0.2, -0.15) is 5.26 Å². The van der Waals surface area contributed by atoms with E-state index in [1.807, 2.05) is 6.07 Å². The Balaban J connectivity index is 1.77. The lowest BCUT2D eigenvalue weighted by molar-refractivity contribution is 0.0943. The van der Waals surface area contributed by atoms with Crippen LogP contribution < -0.4 is 5.32 Å². The molecule has 1 aromatic carbocycles. The van der Waals surface area contributed by atoms with Crippen LogP contribution >= 0.6 is 0 Å². The average Bonchev–Trinajstić information content (AvgIpc) is 2.91. The van der Waals surface area contributed by atoms with Gasteiger partial charge in [0, 0.05) is 23.2 Å². The lowest BCUT2D eigenvalue weighted by Crippen LogP contribution is -2.31. The van der Waals surface area contributed by atoms with E-state index in [0.717, 1.165) is 0 Å². The number of aromatic nitrogens is 1. The maximum atomic E-state index is 13.9. The fourth-order valence-electron chi connectivity index (χ4n) is 2.72. The Morgan fingerprint density at radius 2 is 2.14 bits per heavy atom. The fraction of sp³-hybridized carbons (Fsp3) is 0.250. The number of H-pyrrole nitrogens is 1. The number of hydrogen-bond acceptors (Lipinski definition) is 2. The number of benzene rings is 1. The van der Waals surface area contributed by atoms with Gasteiger partial charge in [-0.3, -0.25) is 4.79 Å². The van der Waals surface area contributed by atoms with Crippen LogP contribution in [0.3, 0.4) is 0 Å². The van der Waals surface area contributed by atoms with Crippen LogP contribution in [0.4, 0.5) is 8.78 Å². The molecule has 1 aliphatic carbocycles. The number of carbonyl (C=O) groups excluding carboxylic acids is 1. The average molecular weight is 301 g/mol. The molecule has 0 radical (unpaired) electrons. The summed E-state index contributed by atoms with van der Waals surface area (Å²) in [5.74, 6) is -1.61. The number of halogens is 2. The van der Waals surface area contributed by atoms with E-state index in [-0.39, 0.29) is 17.3 Å². The fourth-order valence-corrected chi connectivity index (χ4v) is 2.72. The third-order valence-corrected chi connectivity index (χ3v) is 4.13. The Kier molecular flexibility index (Phi) is 3.21. The van der Waals surface area contributed by atoms with Gasteiger partial charge >= 0.3 is 0 Å². The Hall–Kier alpha value is -2.68. The molecule has 0 spiro atoms. The maximum absolute atomic E-state index is 13.9. The standard InChI is InChI=1S/C16H13F2N3O/c1-16(14-10(17)3-2-4-11(14)18)6-13(16)21-15(22)12-5-9(7-19)8-20-12/h2-5,8,13,20H,6H2,1H3,(H,21,22)/t13-,16+/m1/s1. The molecule has 1 fully saturated rings. The van der Waals surface area contributed by atoms with Crippen LogP contribution in [0.25, 0.3) is 0 Å². The third kappa shape index (κ3) is 2.25. The summed E-state index contributed by atoms with van der Waals surface area (Å²) in [6.07, 6.45) is 1.89. The minimum Gasteiger partial charge on any atom is -0.356 e. The largest absolute Gasteiger partial charge is 0.356 e. The molecular weight excluding hydrogens is 288 g/mol. The van der Waals surface area contributed by atoms with Gasteiger partial charge in [0.25, 0.3) is 5.91 Å². The van der Waals surface area contributed by atoms with Gasteiger partial charge in [0.15, 0.2) is 0 Å². The number of aromatic amines is 1. The summed E-state index contributed by atoms with van der Waals surface area (Å²) >= 11 is 0. The molecule has 22 heavy (non-hydrogen) atoms. The molecule has 0 saturated heterocycles. The Labute approximate surface area is 125 Å². The van der Waals surface area contributed by atoms with Crippen LogP contribution in [0.1, 0.15) is 35.0 Å². The lowest BCUT2D eigenvalue weighted by atomic mass is 9.96. The molecule has 0 unspecified atom stereocenters. The van der Waals surface area contributed by atoms with Crippen molar-refractivity contribution >= 4 is 5.91 Å². The van der Waals surface area contributed by atoms with E-state index in [9.17, 15) is 13.6 Å². The van der Waals surface area contributed by atoms with Crippen molar-refractivity contribution in [1.29, 1.82) is 5.26 Å². The summed E-state index contributed by atoms with van der Waals surface area (Å²) in [6, 6.07) is 6.74. The first-order chi connectivity index (χ1) is 10.5. The highest BCUT2D eigenvalue weighted by Gasteiger charge is 2.55. The van der Waals surface area contributed by atoms with Crippen LogP contribution in [0, 0.1) is 23.0 Å². The number of amides is 1. The summed E-state index contributed by atoms with van der Waals surface area (Å²) in [4.78, 5) is 14.8. The lowest BCUT2D eigenvalue weighted by Gasteiger charge is -2.14. The molecule has 1 aliphatic rings. The smallest absolute Gasteiger partial charge is 0.267 e. The SMILES string of the molecule is C[C@]1(c2c(F)cccc2F)C[C@H]1NC(=O)c1cc(C#N)c[nH]1. The van der Waals surface area contributed by atoms with Crippen molar-refractivity contribution in [3.8, 4) is 6.07 Å². The van der Waals surface area contributed by atoms with Gasteiger partial charge in [-0.25, -0.2) is 8.78 Å². The second-order valence-electron chi connectivity index (χ2n) is 5.66. The predicted molar refractivity (Wildman–Crippen MR) is 75.1 cm³/mol. The maximum Gasteiger partial charge on any atom is 0.267 e. The summed E-state index contributed by atoms with van der Waals surface area (Å²) in [5, 5.41) is 11.5. The zero-order valence-electron chi connectivity index (χ0n) is 11.8. The van der Waals surface area contributed by atoms with Gasteiger partial charge in [-0.1, -0.05) is 13.0 Å². The molecule has 6 heteroatoms. The Morgan fingerprint density at radius 1 is 1.45 bits per heavy atom. The first-order valence-corrected chi connectivity index (χ1v) is 6.79. The molecule has 0 bridgehead atoms. The highest BCUT2D eigenvalue weighted by atomic mass is 19.1. The van der Waals surface area contributed by atoms with Gasteiger partial charge in [0.05, 0.1) is 5.56 Å². The Bertz CT molecular complexity index is 773. The second kappa shape index (κ2) is 4.95. The van der Waals surface area contributed by atoms with Crippen molar-refractivity contribution in [2.75, 3.05) is 0 Å². The van der Waals surface area contributed by atoms with Crippen molar-refractivity contribution < 1.29 is 13.6 Å². The Morgan fingerprint density at radius 3 is 2.73 bits per heavy atom. The summed E-state index contributed by atoms with van der Waals surface area (Å²) < 4.78 is 27.7. The van der Waals surface area contributed by atoms with Crippen LogP contribution in [-0.4, -0.2) is 16.9 Å². The van der Waals surface area contributed by atoms with E-state index in [0.29, 0.717) is 12.0 Å². The zero-order chi connectivity index (χ0) is 15.9. The molecule has 3 rings (SSSR count). The first-order valence-electron chi connectivity index (χ1n) is 6.79. The molecule has 1 heterocycles. The van der Waals surface area contributed by atoms with E-state index < -0.39 is 23.0 Å². The number of nitrogens with zero attached hydrogens (tertiary/aromatic N) is 1. The van der Waals surface area contributed by atoms with Crippen LogP contribution in [0.5, 0.6) is 0 Å². The van der Waals surface area contributed by atoms with Crippen molar-refractivity contribution in [2.45, 2.75) is 24.8 Å². The van der Waals surface area contributed by atoms with Crippen molar-refractivity contribution in [1.82, 2.24) is 10.3 Å². The molecule has 2 aromatic rings. The topological polar surface area (TPSA) is 68.7 Å². The number of nitrogens with one attached hydrogen (secondary N) is 2. The monoisotopic (exact) mass is 301 g/mol. The predicted octanol–water partition coefficient (Wildman–Crippen LogP) is 2.62. The molecule has 2 N–H and O–H groups in total. The highest BCUT2D eigenvalue weighted by molar-refractivity contribution is 5.93. The molecule has 1 aromatic heterocycles. The van der Waals surface area contributed by atoms with E-state index in [1.165, 1.54) is 30.5 Å². The molecule has 0 aliphatic heterocycles. The minimum absolute atomic E-state index is 0.00417. The van der Waals surface area contributed by atoms with E-state index in [2.05, 4.69) is 10.3 Å². The number of rotatable bonds is 3. The quantitative estimate of drug-likeness (QED) is 0.915. The first kappa shape index (κ1) is 14.3. The van der Waals surface area contributed by atoms with Crippen molar-refractivity contribution in [3.05, 3.63) is 58.9 Å². The molecular formula is C16H13F2N3O. The summed E-state index contributed by atoms with van der Waals surface area (Å²) in [7, 11) is 0. The van der Waals surface area contributed by atoms with Crippen LogP contribution in [0.2, 0.25) is 0 Å². The van der Waals surface area contributed by atoms with Gasteiger partial charge in [-0.15, -0.1) is 0 Å². The summed E-state index contributed by atoms with van der Waals surface area (Å²) in [6.45, 7) is 1.72. The number of nitriles is 1. The molecule has 1 amide bonds. The van der Waals surface area contributed by atoms with Gasteiger partial charge in [0.2, 0.25) is 0 Å². The van der Waals surface area contributed by atoms with E-state index in [1.54, 1.807) is 6.92 Å². The highest BCUT2D eigenvalue weighted by Crippen LogP contribution is 2.49. The van der Waals surface area contributed by atoms with E-state index >= 15 is 0 Å². The minimum atomic E-state index is -0.754. The van der Waals surface area contributed by atoms with Gasteiger partial charge in [-0.05, 0) is 24.6 Å². The van der Waals surface area contributed by atoms with Crippen molar-refractivity contribution in [2.24, 2.45) is 0 Å². The molecule has 2 atom stereocenters. The van der Waals surface area contributed by atoms with Crippen molar-refractivity contribution in [3.63, 3.8) is 0 Å². The van der Waals surface area contributed by atoms with E-state index in [4.69, 9.17) is 5.26 Å².